The number of furan rings is 1. The van der Waals surface area contributed by atoms with Gasteiger partial charge in [0.25, 0.3) is 0 Å². The van der Waals surface area contributed by atoms with Crippen LogP contribution in [0.25, 0.3) is 22.5 Å². The minimum Gasteiger partial charge on any atom is -0.490 e. The number of benzene rings is 1. The van der Waals surface area contributed by atoms with Gasteiger partial charge in [-0.3, -0.25) is 0 Å². The summed E-state index contributed by atoms with van der Waals surface area (Å²) in [6.45, 7) is 3.15. The molecule has 0 saturated carbocycles. The maximum atomic E-state index is 5.79. The molecule has 4 rings (SSSR count). The zero-order valence-electron chi connectivity index (χ0n) is 11.0. The average Bonchev–Trinajstić information content (AvgIpc) is 3.00. The van der Waals surface area contributed by atoms with Crippen LogP contribution in [0.1, 0.15) is 5.89 Å². The number of fused-ring (bicyclic) bond motifs is 1. The van der Waals surface area contributed by atoms with Crippen molar-refractivity contribution in [3.8, 4) is 17.3 Å². The number of hydrogen-bond donors (Lipinski definition) is 0. The molecular formula is C15H13NO4. The summed E-state index contributed by atoms with van der Waals surface area (Å²) < 4.78 is 22.2. The van der Waals surface area contributed by atoms with E-state index < -0.39 is 0 Å². The normalized spacial score (nSPS) is 17.6. The number of nitrogens with zero attached hydrogens (tertiary/aromatic N) is 1. The van der Waals surface area contributed by atoms with E-state index in [-0.39, 0.29) is 6.10 Å². The summed E-state index contributed by atoms with van der Waals surface area (Å²) in [5.41, 5.74) is 0.767. The van der Waals surface area contributed by atoms with Crippen molar-refractivity contribution in [2.24, 2.45) is 0 Å². The summed E-state index contributed by atoms with van der Waals surface area (Å²) in [6.07, 6.45) is 1.89. The van der Waals surface area contributed by atoms with Crippen molar-refractivity contribution >= 4 is 11.0 Å². The molecule has 0 unspecified atom stereocenters. The summed E-state index contributed by atoms with van der Waals surface area (Å²) in [7, 11) is 0. The maximum absolute atomic E-state index is 5.79. The molecule has 0 amide bonds. The number of aromatic nitrogens is 1. The molecule has 1 aromatic carbocycles. The highest BCUT2D eigenvalue weighted by atomic mass is 16.6. The van der Waals surface area contributed by atoms with E-state index in [1.54, 1.807) is 13.1 Å². The lowest BCUT2D eigenvalue weighted by atomic mass is 10.2. The van der Waals surface area contributed by atoms with E-state index in [1.165, 1.54) is 0 Å². The molecule has 1 aliphatic heterocycles. The van der Waals surface area contributed by atoms with Crippen LogP contribution in [0.5, 0.6) is 5.75 Å². The fourth-order valence-electron chi connectivity index (χ4n) is 2.10. The van der Waals surface area contributed by atoms with E-state index in [0.29, 0.717) is 24.0 Å². The number of epoxide rings is 1. The zero-order chi connectivity index (χ0) is 13.5. The van der Waals surface area contributed by atoms with Gasteiger partial charge >= 0.3 is 0 Å². The molecule has 5 nitrogen and oxygen atoms in total. The second-order valence-corrected chi connectivity index (χ2v) is 4.79. The molecular weight excluding hydrogens is 258 g/mol. The Morgan fingerprint density at radius 2 is 2.20 bits per heavy atom. The third-order valence-corrected chi connectivity index (χ3v) is 3.21. The molecule has 1 aliphatic rings. The molecule has 0 radical (unpaired) electrons. The standard InChI is InChI=1S/C15H13NO4/c1-9-16-6-15(19-9)14-5-11-12(18-8-10-7-17-10)3-2-4-13(11)20-14/h2-6,10H,7-8H2,1H3/t10-/m0/s1. The molecule has 2 aromatic heterocycles. The SMILES string of the molecule is Cc1ncc(-c2cc3c(OC[C@@H]4CO4)cccc3o2)o1. The van der Waals surface area contributed by atoms with Crippen molar-refractivity contribution in [3.63, 3.8) is 0 Å². The molecule has 0 bridgehead atoms. The Morgan fingerprint density at radius 1 is 1.30 bits per heavy atom. The van der Waals surface area contributed by atoms with Crippen molar-refractivity contribution in [1.82, 2.24) is 4.98 Å². The van der Waals surface area contributed by atoms with Crippen molar-refractivity contribution in [2.45, 2.75) is 13.0 Å². The smallest absolute Gasteiger partial charge is 0.191 e. The Bertz CT molecular complexity index is 754. The average molecular weight is 271 g/mol. The van der Waals surface area contributed by atoms with E-state index >= 15 is 0 Å². The number of oxazole rings is 1. The lowest BCUT2D eigenvalue weighted by molar-refractivity contribution is 0.265. The lowest BCUT2D eigenvalue weighted by Crippen LogP contribution is -2.03. The van der Waals surface area contributed by atoms with Crippen molar-refractivity contribution < 1.29 is 18.3 Å². The maximum Gasteiger partial charge on any atom is 0.191 e. The predicted octanol–water partition coefficient (Wildman–Crippen LogP) is 3.17. The number of ether oxygens (including phenoxy) is 2. The van der Waals surface area contributed by atoms with Crippen molar-refractivity contribution in [2.75, 3.05) is 13.2 Å². The highest BCUT2D eigenvalue weighted by molar-refractivity contribution is 5.87. The van der Waals surface area contributed by atoms with Gasteiger partial charge in [0.05, 0.1) is 18.2 Å². The fourth-order valence-corrected chi connectivity index (χ4v) is 2.10. The van der Waals surface area contributed by atoms with E-state index in [1.807, 2.05) is 24.3 Å². The lowest BCUT2D eigenvalue weighted by Gasteiger charge is -2.04. The van der Waals surface area contributed by atoms with Crippen LogP contribution in [0.15, 0.2) is 39.3 Å². The third-order valence-electron chi connectivity index (χ3n) is 3.21. The summed E-state index contributed by atoms with van der Waals surface area (Å²) in [6, 6.07) is 7.65. The van der Waals surface area contributed by atoms with Crippen molar-refractivity contribution in [1.29, 1.82) is 0 Å². The first-order chi connectivity index (χ1) is 9.79. The fraction of sp³-hybridized carbons (Fsp3) is 0.267. The van der Waals surface area contributed by atoms with Crippen LogP contribution in [0.3, 0.4) is 0 Å². The second kappa shape index (κ2) is 4.38. The van der Waals surface area contributed by atoms with Gasteiger partial charge in [-0.25, -0.2) is 4.98 Å². The molecule has 3 aromatic rings. The summed E-state index contributed by atoms with van der Waals surface area (Å²) in [5.74, 6) is 2.68. The topological polar surface area (TPSA) is 60.9 Å². The van der Waals surface area contributed by atoms with Gasteiger partial charge in [0, 0.05) is 6.92 Å². The van der Waals surface area contributed by atoms with Crippen LogP contribution in [-0.2, 0) is 4.74 Å². The van der Waals surface area contributed by atoms with Gasteiger partial charge in [0.1, 0.15) is 24.0 Å². The van der Waals surface area contributed by atoms with E-state index in [4.69, 9.17) is 18.3 Å². The Morgan fingerprint density at radius 3 is 2.95 bits per heavy atom. The van der Waals surface area contributed by atoms with Gasteiger partial charge in [-0.15, -0.1) is 0 Å². The Balaban J connectivity index is 1.72. The Labute approximate surface area is 115 Å². The van der Waals surface area contributed by atoms with Crippen LogP contribution < -0.4 is 4.74 Å². The quantitative estimate of drug-likeness (QED) is 0.682. The molecule has 1 atom stereocenters. The van der Waals surface area contributed by atoms with Gasteiger partial charge in [-0.1, -0.05) is 6.07 Å². The first-order valence-corrected chi connectivity index (χ1v) is 6.49. The Kier molecular flexibility index (Phi) is 2.53. The highest BCUT2D eigenvalue weighted by Gasteiger charge is 2.23. The largest absolute Gasteiger partial charge is 0.490 e. The first-order valence-electron chi connectivity index (χ1n) is 6.49. The van der Waals surface area contributed by atoms with E-state index in [0.717, 1.165) is 23.3 Å². The summed E-state index contributed by atoms with van der Waals surface area (Å²) >= 11 is 0. The van der Waals surface area contributed by atoms with Crippen LogP contribution in [0.4, 0.5) is 0 Å². The zero-order valence-corrected chi connectivity index (χ0v) is 11.0. The Hall–Kier alpha value is -2.27. The molecule has 3 heterocycles. The number of rotatable bonds is 4. The molecule has 0 N–H and O–H groups in total. The molecule has 0 aliphatic carbocycles. The van der Waals surface area contributed by atoms with Crippen LogP contribution >= 0.6 is 0 Å². The van der Waals surface area contributed by atoms with Crippen molar-refractivity contribution in [3.05, 3.63) is 36.4 Å². The monoisotopic (exact) mass is 271 g/mol. The highest BCUT2D eigenvalue weighted by Crippen LogP contribution is 2.34. The minimum atomic E-state index is 0.230. The minimum absolute atomic E-state index is 0.230. The van der Waals surface area contributed by atoms with Crippen LogP contribution in [0.2, 0.25) is 0 Å². The summed E-state index contributed by atoms with van der Waals surface area (Å²) in [4.78, 5) is 4.08. The van der Waals surface area contributed by atoms with Gasteiger partial charge in [0.15, 0.2) is 17.4 Å². The molecule has 1 saturated heterocycles. The second-order valence-electron chi connectivity index (χ2n) is 4.79. The van der Waals surface area contributed by atoms with Crippen LogP contribution in [-0.4, -0.2) is 24.3 Å². The predicted molar refractivity (Wildman–Crippen MR) is 71.7 cm³/mol. The third kappa shape index (κ3) is 2.06. The molecule has 1 fully saturated rings. The molecule has 5 heteroatoms. The van der Waals surface area contributed by atoms with Gasteiger partial charge in [0.2, 0.25) is 0 Å². The first kappa shape index (κ1) is 11.5. The molecule has 0 spiro atoms. The number of aryl methyl sites for hydroxylation is 1. The molecule has 102 valence electrons. The summed E-state index contributed by atoms with van der Waals surface area (Å²) in [5, 5.41) is 0.928. The van der Waals surface area contributed by atoms with Crippen LogP contribution in [0, 0.1) is 6.92 Å². The molecule has 20 heavy (non-hydrogen) atoms. The van der Waals surface area contributed by atoms with E-state index in [9.17, 15) is 0 Å². The van der Waals surface area contributed by atoms with Gasteiger partial charge in [-0.05, 0) is 18.2 Å². The number of hydrogen-bond acceptors (Lipinski definition) is 5. The van der Waals surface area contributed by atoms with Gasteiger partial charge in [-0.2, -0.15) is 0 Å². The van der Waals surface area contributed by atoms with E-state index in [2.05, 4.69) is 4.98 Å². The van der Waals surface area contributed by atoms with Gasteiger partial charge < -0.3 is 18.3 Å².